The summed E-state index contributed by atoms with van der Waals surface area (Å²) < 4.78 is 0. The van der Waals surface area contributed by atoms with Crippen molar-refractivity contribution in [3.63, 3.8) is 0 Å². The second-order valence-corrected chi connectivity index (χ2v) is 8.61. The number of hydrogen-bond acceptors (Lipinski definition) is 1. The Labute approximate surface area is 160 Å². The zero-order valence-corrected chi connectivity index (χ0v) is 17.6. The van der Waals surface area contributed by atoms with Gasteiger partial charge >= 0.3 is 0 Å². The Kier molecular flexibility index (Phi) is 6.47. The Morgan fingerprint density at radius 1 is 0.885 bits per heavy atom. The Morgan fingerprint density at radius 3 is 1.62 bits per heavy atom. The molecule has 0 saturated carbocycles. The van der Waals surface area contributed by atoms with E-state index in [4.69, 9.17) is 0 Å². The van der Waals surface area contributed by atoms with Crippen LogP contribution in [0.3, 0.4) is 0 Å². The highest BCUT2D eigenvalue weighted by Crippen LogP contribution is 2.50. The van der Waals surface area contributed by atoms with Gasteiger partial charge in [-0.1, -0.05) is 93.1 Å². The van der Waals surface area contributed by atoms with E-state index in [0.29, 0.717) is 6.04 Å². The third-order valence-corrected chi connectivity index (χ3v) is 5.57. The van der Waals surface area contributed by atoms with Crippen LogP contribution >= 0.6 is 0 Å². The normalized spacial score (nSPS) is 14.5. The molecule has 0 N–H and O–H groups in total. The highest BCUT2D eigenvalue weighted by atomic mass is 15.1. The van der Waals surface area contributed by atoms with Crippen molar-refractivity contribution in [2.24, 2.45) is 5.41 Å². The van der Waals surface area contributed by atoms with E-state index in [1.807, 2.05) is 0 Å². The van der Waals surface area contributed by atoms with Gasteiger partial charge in [-0.05, 0) is 50.9 Å². The first-order chi connectivity index (χ1) is 12.2. The monoisotopic (exact) mass is 349 g/mol. The van der Waals surface area contributed by atoms with Gasteiger partial charge in [0.2, 0.25) is 0 Å². The average Bonchev–Trinajstić information content (AvgIpc) is 2.61. The minimum absolute atomic E-state index is 0.0759. The van der Waals surface area contributed by atoms with Crippen LogP contribution in [-0.4, -0.2) is 25.0 Å². The number of hydrogen-bond donors (Lipinski definition) is 0. The second kappa shape index (κ2) is 8.22. The van der Waals surface area contributed by atoms with Crippen molar-refractivity contribution in [1.29, 1.82) is 0 Å². The summed E-state index contributed by atoms with van der Waals surface area (Å²) in [5.74, 6) is 0. The van der Waals surface area contributed by atoms with Crippen molar-refractivity contribution < 1.29 is 0 Å². The SMILES string of the molecule is CC=C(C(C)(C)C)C(CC(C)N(C)C)(c1ccccc1)c1ccccc1. The summed E-state index contributed by atoms with van der Waals surface area (Å²) in [6, 6.07) is 22.5. The van der Waals surface area contributed by atoms with Gasteiger partial charge in [-0.15, -0.1) is 0 Å². The van der Waals surface area contributed by atoms with Gasteiger partial charge in [0, 0.05) is 11.5 Å². The molecule has 0 aromatic heterocycles. The highest BCUT2D eigenvalue weighted by molar-refractivity contribution is 5.50. The molecule has 1 unspecified atom stereocenters. The zero-order chi connectivity index (χ0) is 19.4. The number of allylic oxidation sites excluding steroid dienone is 2. The van der Waals surface area contributed by atoms with Crippen LogP contribution in [0.15, 0.2) is 72.3 Å². The van der Waals surface area contributed by atoms with E-state index >= 15 is 0 Å². The summed E-state index contributed by atoms with van der Waals surface area (Å²) in [6.45, 7) is 11.5. The molecule has 0 aliphatic carbocycles. The van der Waals surface area contributed by atoms with Crippen molar-refractivity contribution in [3.05, 3.63) is 83.4 Å². The lowest BCUT2D eigenvalue weighted by atomic mass is 9.59. The van der Waals surface area contributed by atoms with E-state index in [-0.39, 0.29) is 10.8 Å². The first-order valence-electron chi connectivity index (χ1n) is 9.68. The molecule has 0 heterocycles. The Morgan fingerprint density at radius 2 is 1.31 bits per heavy atom. The third-order valence-electron chi connectivity index (χ3n) is 5.57. The number of nitrogens with zero attached hydrogens (tertiary/aromatic N) is 1. The highest BCUT2D eigenvalue weighted by Gasteiger charge is 2.43. The first kappa shape index (κ1) is 20.5. The molecule has 1 atom stereocenters. The van der Waals surface area contributed by atoms with Gasteiger partial charge in [0.25, 0.3) is 0 Å². The maximum atomic E-state index is 2.35. The predicted octanol–water partition coefficient (Wildman–Crippen LogP) is 6.31. The van der Waals surface area contributed by atoms with Crippen LogP contribution < -0.4 is 0 Å². The Hall–Kier alpha value is -1.86. The molecule has 0 saturated heterocycles. The lowest BCUT2D eigenvalue weighted by Gasteiger charge is -2.45. The fourth-order valence-corrected chi connectivity index (χ4v) is 4.21. The predicted molar refractivity (Wildman–Crippen MR) is 115 cm³/mol. The van der Waals surface area contributed by atoms with Gasteiger partial charge in [-0.3, -0.25) is 0 Å². The van der Waals surface area contributed by atoms with Gasteiger partial charge < -0.3 is 4.90 Å². The van der Waals surface area contributed by atoms with Gasteiger partial charge in [0.1, 0.15) is 0 Å². The van der Waals surface area contributed by atoms with Crippen LogP contribution in [0.4, 0.5) is 0 Å². The minimum atomic E-state index is -0.140. The summed E-state index contributed by atoms with van der Waals surface area (Å²) in [7, 11) is 4.36. The van der Waals surface area contributed by atoms with Gasteiger partial charge in [-0.25, -0.2) is 0 Å². The molecule has 0 spiro atoms. The van der Waals surface area contributed by atoms with E-state index in [2.05, 4.69) is 120 Å². The summed E-state index contributed by atoms with van der Waals surface area (Å²) >= 11 is 0. The molecule has 2 aromatic rings. The van der Waals surface area contributed by atoms with Crippen molar-refractivity contribution in [1.82, 2.24) is 4.90 Å². The lowest BCUT2D eigenvalue weighted by molar-refractivity contribution is 0.255. The van der Waals surface area contributed by atoms with Crippen molar-refractivity contribution in [3.8, 4) is 0 Å². The molecule has 2 aromatic carbocycles. The van der Waals surface area contributed by atoms with Crippen LogP contribution in [0.1, 0.15) is 52.2 Å². The molecule has 26 heavy (non-hydrogen) atoms. The largest absolute Gasteiger partial charge is 0.307 e. The van der Waals surface area contributed by atoms with Crippen molar-refractivity contribution in [2.45, 2.75) is 52.5 Å². The Balaban J connectivity index is 2.84. The van der Waals surface area contributed by atoms with Crippen LogP contribution in [0.2, 0.25) is 0 Å². The molecule has 0 aliphatic rings. The molecule has 1 heteroatoms. The van der Waals surface area contributed by atoms with Gasteiger partial charge in [0.05, 0.1) is 0 Å². The van der Waals surface area contributed by atoms with E-state index in [0.717, 1.165) is 6.42 Å². The standard InChI is InChI=1S/C25H35N/c1-8-23(24(3,4)5)25(19-20(2)26(6)7,21-15-11-9-12-16-21)22-17-13-10-14-18-22/h8-18,20H,19H2,1-7H3. The summed E-state index contributed by atoms with van der Waals surface area (Å²) in [5, 5.41) is 0. The molecular weight excluding hydrogens is 314 g/mol. The van der Waals surface area contributed by atoms with E-state index in [1.165, 1.54) is 16.7 Å². The van der Waals surface area contributed by atoms with Crippen LogP contribution in [0.5, 0.6) is 0 Å². The molecule has 2 rings (SSSR count). The fraction of sp³-hybridized carbons (Fsp3) is 0.440. The average molecular weight is 350 g/mol. The van der Waals surface area contributed by atoms with E-state index in [9.17, 15) is 0 Å². The summed E-state index contributed by atoms with van der Waals surface area (Å²) in [6.07, 6.45) is 3.40. The first-order valence-corrected chi connectivity index (χ1v) is 9.68. The van der Waals surface area contributed by atoms with Crippen LogP contribution in [0.25, 0.3) is 0 Å². The topological polar surface area (TPSA) is 3.24 Å². The molecule has 1 nitrogen and oxygen atoms in total. The maximum absolute atomic E-state index is 2.35. The second-order valence-electron chi connectivity index (χ2n) is 8.61. The maximum Gasteiger partial charge on any atom is 0.0430 e. The quantitative estimate of drug-likeness (QED) is 0.553. The lowest BCUT2D eigenvalue weighted by Crippen LogP contribution is -2.41. The fourth-order valence-electron chi connectivity index (χ4n) is 4.21. The molecule has 0 radical (unpaired) electrons. The summed E-state index contributed by atoms with van der Waals surface area (Å²) in [5.41, 5.74) is 4.17. The number of benzene rings is 2. The zero-order valence-electron chi connectivity index (χ0n) is 17.6. The number of rotatable bonds is 6. The Bertz CT molecular complexity index is 665. The van der Waals surface area contributed by atoms with Crippen molar-refractivity contribution >= 4 is 0 Å². The molecular formula is C25H35N. The van der Waals surface area contributed by atoms with Crippen LogP contribution in [-0.2, 0) is 5.41 Å². The van der Waals surface area contributed by atoms with Gasteiger partial charge in [0.15, 0.2) is 0 Å². The molecule has 140 valence electrons. The molecule has 0 amide bonds. The summed E-state index contributed by atoms with van der Waals surface area (Å²) in [4.78, 5) is 2.33. The van der Waals surface area contributed by atoms with Crippen molar-refractivity contribution in [2.75, 3.05) is 14.1 Å². The van der Waals surface area contributed by atoms with Crippen LogP contribution in [0, 0.1) is 5.41 Å². The van der Waals surface area contributed by atoms with Gasteiger partial charge in [-0.2, -0.15) is 0 Å². The molecule has 0 bridgehead atoms. The van der Waals surface area contributed by atoms with E-state index < -0.39 is 0 Å². The third kappa shape index (κ3) is 4.10. The molecule has 0 aliphatic heterocycles. The molecule has 0 fully saturated rings. The van der Waals surface area contributed by atoms with E-state index in [1.54, 1.807) is 0 Å². The smallest absolute Gasteiger partial charge is 0.0430 e. The minimum Gasteiger partial charge on any atom is -0.307 e.